The smallest absolute Gasteiger partial charge is 0.142 e. The van der Waals surface area contributed by atoms with Gasteiger partial charge in [-0.3, -0.25) is 0 Å². The van der Waals surface area contributed by atoms with Crippen LogP contribution in [-0.4, -0.2) is 23.9 Å². The molecule has 2 rings (SSSR count). The van der Waals surface area contributed by atoms with Crippen molar-refractivity contribution in [3.8, 4) is 5.75 Å². The molecule has 1 fully saturated rings. The minimum atomic E-state index is -0.238. The van der Waals surface area contributed by atoms with E-state index in [1.54, 1.807) is 0 Å². The van der Waals surface area contributed by atoms with Gasteiger partial charge in [-0.1, -0.05) is 25.0 Å². The number of hydrogen-bond donors (Lipinski definition) is 2. The van der Waals surface area contributed by atoms with Crippen molar-refractivity contribution in [2.75, 3.05) is 11.9 Å². The third-order valence-corrected chi connectivity index (χ3v) is 3.26. The number of rotatable bonds is 4. The van der Waals surface area contributed by atoms with Crippen molar-refractivity contribution in [3.05, 3.63) is 24.3 Å². The van der Waals surface area contributed by atoms with Crippen molar-refractivity contribution in [2.24, 2.45) is 0 Å². The van der Waals surface area contributed by atoms with Gasteiger partial charge in [-0.2, -0.15) is 0 Å². The molecule has 2 unspecified atom stereocenters. The second kappa shape index (κ2) is 5.92. The monoisotopic (exact) mass is 235 g/mol. The first-order chi connectivity index (χ1) is 8.31. The zero-order valence-electron chi connectivity index (χ0n) is 10.4. The molecule has 1 saturated carbocycles. The molecule has 1 aromatic carbocycles. The summed E-state index contributed by atoms with van der Waals surface area (Å²) >= 11 is 0. The molecule has 1 aliphatic rings. The number of benzene rings is 1. The van der Waals surface area contributed by atoms with E-state index in [2.05, 4.69) is 5.32 Å². The zero-order valence-corrected chi connectivity index (χ0v) is 10.4. The van der Waals surface area contributed by atoms with E-state index in [1.165, 1.54) is 6.42 Å². The number of hydrogen-bond acceptors (Lipinski definition) is 3. The molecule has 3 nitrogen and oxygen atoms in total. The molecule has 17 heavy (non-hydrogen) atoms. The number of para-hydroxylation sites is 2. The maximum absolute atomic E-state index is 9.95. The molecule has 0 heterocycles. The molecule has 1 aliphatic carbocycles. The Morgan fingerprint density at radius 1 is 1.29 bits per heavy atom. The van der Waals surface area contributed by atoms with Crippen molar-refractivity contribution < 1.29 is 9.84 Å². The summed E-state index contributed by atoms with van der Waals surface area (Å²) in [6.45, 7) is 2.64. The molecule has 3 heteroatoms. The summed E-state index contributed by atoms with van der Waals surface area (Å²) in [7, 11) is 0. The Kier molecular flexibility index (Phi) is 4.26. The molecule has 0 spiro atoms. The summed E-state index contributed by atoms with van der Waals surface area (Å²) in [5.41, 5.74) is 0.986. The van der Waals surface area contributed by atoms with Crippen molar-refractivity contribution in [1.29, 1.82) is 0 Å². The van der Waals surface area contributed by atoms with Crippen molar-refractivity contribution in [3.63, 3.8) is 0 Å². The summed E-state index contributed by atoms with van der Waals surface area (Å²) in [4.78, 5) is 0. The number of aliphatic hydroxyl groups is 1. The maximum atomic E-state index is 9.95. The van der Waals surface area contributed by atoms with Crippen LogP contribution in [0, 0.1) is 0 Å². The van der Waals surface area contributed by atoms with Gasteiger partial charge in [-0.25, -0.2) is 0 Å². The van der Waals surface area contributed by atoms with E-state index in [-0.39, 0.29) is 12.1 Å². The Balaban J connectivity index is 2.06. The minimum absolute atomic E-state index is 0.158. The van der Waals surface area contributed by atoms with Crippen LogP contribution in [0.3, 0.4) is 0 Å². The lowest BCUT2D eigenvalue weighted by atomic mass is 9.92. The van der Waals surface area contributed by atoms with Crippen LogP contribution in [0.5, 0.6) is 5.75 Å². The van der Waals surface area contributed by atoms with E-state index in [4.69, 9.17) is 4.74 Å². The van der Waals surface area contributed by atoms with Gasteiger partial charge in [-0.05, 0) is 31.9 Å². The standard InChI is InChI=1S/C14H21NO2/c1-2-17-14-10-6-4-8-12(14)15-11-7-3-5-9-13(11)16/h4,6,8,10-11,13,15-16H,2-3,5,7,9H2,1H3. The molecule has 2 N–H and O–H groups in total. The van der Waals surface area contributed by atoms with E-state index >= 15 is 0 Å². The molecule has 2 atom stereocenters. The number of aliphatic hydroxyl groups excluding tert-OH is 1. The lowest BCUT2D eigenvalue weighted by Gasteiger charge is -2.29. The highest BCUT2D eigenvalue weighted by Crippen LogP contribution is 2.28. The van der Waals surface area contributed by atoms with Gasteiger partial charge in [0.1, 0.15) is 5.75 Å². The van der Waals surface area contributed by atoms with Gasteiger partial charge in [-0.15, -0.1) is 0 Å². The SMILES string of the molecule is CCOc1ccccc1NC1CCCCC1O. The van der Waals surface area contributed by atoms with E-state index in [9.17, 15) is 5.11 Å². The second-order valence-electron chi connectivity index (χ2n) is 4.53. The van der Waals surface area contributed by atoms with Crippen LogP contribution in [0.4, 0.5) is 5.69 Å². The fraction of sp³-hybridized carbons (Fsp3) is 0.571. The lowest BCUT2D eigenvalue weighted by molar-refractivity contribution is 0.116. The van der Waals surface area contributed by atoms with E-state index < -0.39 is 0 Å². The molecule has 0 radical (unpaired) electrons. The summed E-state index contributed by atoms with van der Waals surface area (Å²) in [5, 5.41) is 13.4. The van der Waals surface area contributed by atoms with E-state index in [0.29, 0.717) is 6.61 Å². The second-order valence-corrected chi connectivity index (χ2v) is 4.53. The highest BCUT2D eigenvalue weighted by atomic mass is 16.5. The van der Waals surface area contributed by atoms with Gasteiger partial charge < -0.3 is 15.2 Å². The average Bonchev–Trinajstić information content (AvgIpc) is 2.35. The topological polar surface area (TPSA) is 41.5 Å². The van der Waals surface area contributed by atoms with Crippen LogP contribution in [0.15, 0.2) is 24.3 Å². The van der Waals surface area contributed by atoms with Crippen molar-refractivity contribution >= 4 is 5.69 Å². The molecule has 0 aromatic heterocycles. The molecular weight excluding hydrogens is 214 g/mol. The molecule has 0 saturated heterocycles. The number of anilines is 1. The first-order valence-electron chi connectivity index (χ1n) is 6.47. The highest BCUT2D eigenvalue weighted by Gasteiger charge is 2.23. The summed E-state index contributed by atoms with van der Waals surface area (Å²) in [6, 6.07) is 8.08. The van der Waals surface area contributed by atoms with Gasteiger partial charge in [0.15, 0.2) is 0 Å². The number of nitrogens with one attached hydrogen (secondary N) is 1. The normalized spacial score (nSPS) is 24.4. The van der Waals surface area contributed by atoms with Crippen molar-refractivity contribution in [2.45, 2.75) is 44.8 Å². The Morgan fingerprint density at radius 3 is 2.82 bits per heavy atom. The molecule has 0 aliphatic heterocycles. The lowest BCUT2D eigenvalue weighted by Crippen LogP contribution is -2.36. The first-order valence-corrected chi connectivity index (χ1v) is 6.47. The predicted molar refractivity (Wildman–Crippen MR) is 69.5 cm³/mol. The minimum Gasteiger partial charge on any atom is -0.492 e. The van der Waals surface area contributed by atoms with Crippen LogP contribution in [0.2, 0.25) is 0 Å². The predicted octanol–water partition coefficient (Wildman–Crippen LogP) is 2.80. The third kappa shape index (κ3) is 3.13. The Bertz CT molecular complexity index is 354. The average molecular weight is 235 g/mol. The fourth-order valence-electron chi connectivity index (χ4n) is 2.35. The highest BCUT2D eigenvalue weighted by molar-refractivity contribution is 5.56. The van der Waals surface area contributed by atoms with Crippen LogP contribution in [0.25, 0.3) is 0 Å². The van der Waals surface area contributed by atoms with Crippen LogP contribution >= 0.6 is 0 Å². The maximum Gasteiger partial charge on any atom is 0.142 e. The summed E-state index contributed by atoms with van der Waals surface area (Å²) in [5.74, 6) is 0.868. The fourth-order valence-corrected chi connectivity index (χ4v) is 2.35. The molecular formula is C14H21NO2. The third-order valence-electron chi connectivity index (χ3n) is 3.26. The Labute approximate surface area is 103 Å². The van der Waals surface area contributed by atoms with E-state index in [1.807, 2.05) is 31.2 Å². The van der Waals surface area contributed by atoms with Gasteiger partial charge in [0.2, 0.25) is 0 Å². The largest absolute Gasteiger partial charge is 0.492 e. The van der Waals surface area contributed by atoms with Gasteiger partial charge in [0, 0.05) is 0 Å². The first kappa shape index (κ1) is 12.2. The molecule has 1 aromatic rings. The Hall–Kier alpha value is -1.22. The van der Waals surface area contributed by atoms with Gasteiger partial charge >= 0.3 is 0 Å². The van der Waals surface area contributed by atoms with Crippen LogP contribution in [0.1, 0.15) is 32.6 Å². The summed E-state index contributed by atoms with van der Waals surface area (Å²) < 4.78 is 5.57. The summed E-state index contributed by atoms with van der Waals surface area (Å²) in [6.07, 6.45) is 4.01. The van der Waals surface area contributed by atoms with Crippen molar-refractivity contribution in [1.82, 2.24) is 0 Å². The molecule has 94 valence electrons. The molecule has 0 bridgehead atoms. The van der Waals surface area contributed by atoms with Crippen LogP contribution < -0.4 is 10.1 Å². The van der Waals surface area contributed by atoms with Crippen LogP contribution in [-0.2, 0) is 0 Å². The number of ether oxygens (including phenoxy) is 1. The quantitative estimate of drug-likeness (QED) is 0.843. The Morgan fingerprint density at radius 2 is 2.06 bits per heavy atom. The molecule has 0 amide bonds. The van der Waals surface area contributed by atoms with E-state index in [0.717, 1.165) is 30.7 Å². The van der Waals surface area contributed by atoms with Gasteiger partial charge in [0.25, 0.3) is 0 Å². The zero-order chi connectivity index (χ0) is 12.1. The van der Waals surface area contributed by atoms with Gasteiger partial charge in [0.05, 0.1) is 24.4 Å².